The summed E-state index contributed by atoms with van der Waals surface area (Å²) in [5.41, 5.74) is 5.25. The average molecular weight is 210 g/mol. The summed E-state index contributed by atoms with van der Waals surface area (Å²) in [6, 6.07) is 5.43. The van der Waals surface area contributed by atoms with Crippen LogP contribution in [0.1, 0.15) is 0 Å². The van der Waals surface area contributed by atoms with Gasteiger partial charge < -0.3 is 15.5 Å². The van der Waals surface area contributed by atoms with E-state index in [1.54, 1.807) is 12.3 Å². The predicted octanol–water partition coefficient (Wildman–Crippen LogP) is 0.773. The number of aromatic nitrogens is 1. The second-order valence-corrected chi connectivity index (χ2v) is 3.86. The van der Waals surface area contributed by atoms with Crippen LogP contribution in [-0.4, -0.2) is 56.1 Å². The van der Waals surface area contributed by atoms with E-state index in [9.17, 15) is 0 Å². The van der Waals surface area contributed by atoms with E-state index in [1.165, 1.54) is 0 Å². The van der Waals surface area contributed by atoms with Crippen LogP contribution in [0.4, 0.5) is 5.82 Å². The van der Waals surface area contributed by atoms with E-state index in [0.29, 0.717) is 5.82 Å². The summed E-state index contributed by atoms with van der Waals surface area (Å²) in [6.45, 7) is 2.29. The number of hydrogen-bond acceptors (Lipinski definition) is 4. The summed E-state index contributed by atoms with van der Waals surface area (Å²) in [6.07, 6.45) is 1.66. The molecule has 0 aliphatic rings. The zero-order valence-electron chi connectivity index (χ0n) is 10.1. The third-order valence-corrected chi connectivity index (χ3v) is 1.68. The number of anilines is 1. The van der Waals surface area contributed by atoms with Gasteiger partial charge in [0.15, 0.2) is 0 Å². The Morgan fingerprint density at radius 2 is 1.60 bits per heavy atom. The number of hydrogen-bond donors (Lipinski definition) is 1. The molecule has 1 heterocycles. The highest BCUT2D eigenvalue weighted by Gasteiger charge is 1.89. The number of rotatable bonds is 3. The Labute approximate surface area is 92.7 Å². The molecule has 1 aromatic rings. The number of nitrogens with zero attached hydrogens (tertiary/aromatic N) is 3. The Morgan fingerprint density at radius 1 is 1.07 bits per heavy atom. The summed E-state index contributed by atoms with van der Waals surface area (Å²) in [5, 5.41) is 0. The van der Waals surface area contributed by atoms with Gasteiger partial charge in [0.25, 0.3) is 0 Å². The fraction of sp³-hybridized carbons (Fsp3) is 0.545. The van der Waals surface area contributed by atoms with Crippen molar-refractivity contribution in [1.29, 1.82) is 0 Å². The van der Waals surface area contributed by atoms with E-state index in [2.05, 4.69) is 43.0 Å². The zero-order valence-corrected chi connectivity index (χ0v) is 10.1. The van der Waals surface area contributed by atoms with Gasteiger partial charge in [-0.25, -0.2) is 4.98 Å². The quantitative estimate of drug-likeness (QED) is 0.800. The topological polar surface area (TPSA) is 45.4 Å². The molecular weight excluding hydrogens is 188 g/mol. The Balaban J connectivity index is 0.000000262. The van der Waals surface area contributed by atoms with Crippen molar-refractivity contribution < 1.29 is 0 Å². The van der Waals surface area contributed by atoms with Crippen molar-refractivity contribution >= 4 is 5.82 Å². The minimum Gasteiger partial charge on any atom is -0.384 e. The third-order valence-electron chi connectivity index (χ3n) is 1.68. The lowest BCUT2D eigenvalue weighted by Gasteiger charge is -2.13. The fourth-order valence-electron chi connectivity index (χ4n) is 0.776. The molecule has 0 saturated carbocycles. The molecule has 86 valence electrons. The van der Waals surface area contributed by atoms with Gasteiger partial charge in [0.2, 0.25) is 0 Å². The molecule has 4 heteroatoms. The molecule has 0 amide bonds. The van der Waals surface area contributed by atoms with Crippen molar-refractivity contribution in [3.63, 3.8) is 0 Å². The largest absolute Gasteiger partial charge is 0.384 e. The van der Waals surface area contributed by atoms with Crippen molar-refractivity contribution in [2.45, 2.75) is 0 Å². The predicted molar refractivity (Wildman–Crippen MR) is 65.8 cm³/mol. The number of nitrogen functional groups attached to an aromatic ring is 1. The first-order valence-corrected chi connectivity index (χ1v) is 4.98. The second-order valence-electron chi connectivity index (χ2n) is 3.86. The molecule has 0 aliphatic heterocycles. The van der Waals surface area contributed by atoms with Crippen LogP contribution in [0.25, 0.3) is 0 Å². The summed E-state index contributed by atoms with van der Waals surface area (Å²) in [7, 11) is 8.35. The molecule has 1 rings (SSSR count). The molecule has 0 atom stereocenters. The van der Waals surface area contributed by atoms with Gasteiger partial charge in [0.1, 0.15) is 5.82 Å². The van der Waals surface area contributed by atoms with Crippen molar-refractivity contribution in [2.24, 2.45) is 0 Å². The third kappa shape index (κ3) is 10.8. The highest BCUT2D eigenvalue weighted by atomic mass is 15.1. The van der Waals surface area contributed by atoms with E-state index >= 15 is 0 Å². The van der Waals surface area contributed by atoms with Crippen LogP contribution >= 0.6 is 0 Å². The van der Waals surface area contributed by atoms with Gasteiger partial charge in [-0.1, -0.05) is 6.07 Å². The Bertz CT molecular complexity index is 226. The Hall–Kier alpha value is -1.13. The molecule has 0 fully saturated rings. The standard InChI is InChI=1S/C6H16N2.C5H6N2/c1-7(2)5-6-8(3)4;6-5-3-1-2-4-7-5/h5-6H2,1-4H3;1-4H,(H2,6,7). The van der Waals surface area contributed by atoms with E-state index in [1.807, 2.05) is 12.1 Å². The number of pyridine rings is 1. The van der Waals surface area contributed by atoms with Crippen molar-refractivity contribution in [3.05, 3.63) is 24.4 Å². The van der Waals surface area contributed by atoms with Crippen LogP contribution in [0.15, 0.2) is 24.4 Å². The van der Waals surface area contributed by atoms with E-state index in [4.69, 9.17) is 5.73 Å². The molecule has 0 saturated heterocycles. The van der Waals surface area contributed by atoms with E-state index < -0.39 is 0 Å². The average Bonchev–Trinajstić information content (AvgIpc) is 2.17. The molecule has 0 aliphatic carbocycles. The van der Waals surface area contributed by atoms with Crippen LogP contribution in [0.3, 0.4) is 0 Å². The number of likely N-dealkylation sites (N-methyl/N-ethyl adjacent to an activating group) is 2. The van der Waals surface area contributed by atoms with Crippen LogP contribution in [0.5, 0.6) is 0 Å². The summed E-state index contributed by atoms with van der Waals surface area (Å²) < 4.78 is 0. The first-order chi connectivity index (χ1) is 7.02. The highest BCUT2D eigenvalue weighted by molar-refractivity contribution is 5.25. The van der Waals surface area contributed by atoms with Crippen LogP contribution in [-0.2, 0) is 0 Å². The fourth-order valence-corrected chi connectivity index (χ4v) is 0.776. The minimum atomic E-state index is 0.572. The van der Waals surface area contributed by atoms with Crippen LogP contribution < -0.4 is 5.73 Å². The second kappa shape index (κ2) is 8.20. The lowest BCUT2D eigenvalue weighted by molar-refractivity contribution is 0.320. The molecular formula is C11H22N4. The molecule has 0 bridgehead atoms. The van der Waals surface area contributed by atoms with Crippen molar-refractivity contribution in [3.8, 4) is 0 Å². The molecule has 15 heavy (non-hydrogen) atoms. The summed E-state index contributed by atoms with van der Waals surface area (Å²) in [5.74, 6) is 0.572. The van der Waals surface area contributed by atoms with Gasteiger partial charge in [0, 0.05) is 19.3 Å². The van der Waals surface area contributed by atoms with Crippen LogP contribution in [0.2, 0.25) is 0 Å². The lowest BCUT2D eigenvalue weighted by Crippen LogP contribution is -2.25. The number of nitrogens with two attached hydrogens (primary N) is 1. The first kappa shape index (κ1) is 13.9. The van der Waals surface area contributed by atoms with Gasteiger partial charge in [-0.05, 0) is 40.3 Å². The maximum Gasteiger partial charge on any atom is 0.123 e. The molecule has 2 N–H and O–H groups in total. The van der Waals surface area contributed by atoms with Crippen LogP contribution in [0, 0.1) is 0 Å². The Morgan fingerprint density at radius 3 is 1.80 bits per heavy atom. The van der Waals surface area contributed by atoms with Gasteiger partial charge in [-0.3, -0.25) is 0 Å². The highest BCUT2D eigenvalue weighted by Crippen LogP contribution is 1.89. The van der Waals surface area contributed by atoms with E-state index in [0.717, 1.165) is 13.1 Å². The Kier molecular flexibility index (Phi) is 7.58. The first-order valence-electron chi connectivity index (χ1n) is 4.98. The summed E-state index contributed by atoms with van der Waals surface area (Å²) >= 11 is 0. The van der Waals surface area contributed by atoms with Gasteiger partial charge in [-0.15, -0.1) is 0 Å². The maximum absolute atomic E-state index is 5.25. The molecule has 0 unspecified atom stereocenters. The van der Waals surface area contributed by atoms with Gasteiger partial charge in [-0.2, -0.15) is 0 Å². The summed E-state index contributed by atoms with van der Waals surface area (Å²) in [4.78, 5) is 8.12. The molecule has 0 radical (unpaired) electrons. The maximum atomic E-state index is 5.25. The SMILES string of the molecule is CN(C)CCN(C)C.Nc1ccccn1. The normalized spacial score (nSPS) is 10.0. The molecule has 4 nitrogen and oxygen atoms in total. The molecule has 1 aromatic heterocycles. The minimum absolute atomic E-state index is 0.572. The smallest absolute Gasteiger partial charge is 0.123 e. The molecule has 0 aromatic carbocycles. The molecule has 0 spiro atoms. The lowest BCUT2D eigenvalue weighted by atomic mass is 10.5. The van der Waals surface area contributed by atoms with E-state index in [-0.39, 0.29) is 0 Å². The van der Waals surface area contributed by atoms with Gasteiger partial charge in [0.05, 0.1) is 0 Å². The van der Waals surface area contributed by atoms with Crippen molar-refractivity contribution in [2.75, 3.05) is 47.0 Å². The van der Waals surface area contributed by atoms with Gasteiger partial charge >= 0.3 is 0 Å². The monoisotopic (exact) mass is 210 g/mol. The zero-order chi connectivity index (χ0) is 11.7. The van der Waals surface area contributed by atoms with Crippen molar-refractivity contribution in [1.82, 2.24) is 14.8 Å².